The lowest BCUT2D eigenvalue weighted by molar-refractivity contribution is 0.243. The summed E-state index contributed by atoms with van der Waals surface area (Å²) in [6.45, 7) is 0.367. The molecule has 0 atom stereocenters. The number of hydrogen-bond acceptors (Lipinski definition) is 1. The molecule has 1 N–H and O–H groups in total. The van der Waals surface area contributed by atoms with E-state index in [9.17, 15) is 9.18 Å². The molecule has 1 heterocycles. The van der Waals surface area contributed by atoms with Crippen LogP contribution in [0.1, 0.15) is 5.56 Å². The van der Waals surface area contributed by atoms with Gasteiger partial charge in [0.1, 0.15) is 5.82 Å². The van der Waals surface area contributed by atoms with E-state index in [2.05, 4.69) is 5.32 Å². The smallest absolute Gasteiger partial charge is 0.326 e. The van der Waals surface area contributed by atoms with Crippen LogP contribution in [0.15, 0.2) is 60.8 Å². The van der Waals surface area contributed by atoms with Gasteiger partial charge >= 0.3 is 6.03 Å². The van der Waals surface area contributed by atoms with E-state index in [1.54, 1.807) is 22.9 Å². The van der Waals surface area contributed by atoms with E-state index in [1.807, 2.05) is 30.3 Å². The number of rotatable bonds is 2. The van der Waals surface area contributed by atoms with Gasteiger partial charge in [-0.25, -0.2) is 9.18 Å². The SMILES string of the molecule is O=C(NCc1ccc(F)cc1)n1ccc2ccccc21. The summed E-state index contributed by atoms with van der Waals surface area (Å²) in [7, 11) is 0. The Morgan fingerprint density at radius 3 is 2.60 bits per heavy atom. The molecule has 1 amide bonds. The third-order valence-electron chi connectivity index (χ3n) is 3.18. The third-order valence-corrected chi connectivity index (χ3v) is 3.18. The summed E-state index contributed by atoms with van der Waals surface area (Å²) in [5.41, 5.74) is 1.72. The molecule has 0 bridgehead atoms. The van der Waals surface area contributed by atoms with Crippen molar-refractivity contribution in [3.05, 3.63) is 72.2 Å². The molecule has 0 aliphatic heterocycles. The van der Waals surface area contributed by atoms with Gasteiger partial charge in [-0.2, -0.15) is 0 Å². The fraction of sp³-hybridized carbons (Fsp3) is 0.0625. The molecule has 0 aliphatic carbocycles. The molecule has 3 nitrogen and oxygen atoms in total. The van der Waals surface area contributed by atoms with Crippen molar-refractivity contribution in [1.29, 1.82) is 0 Å². The monoisotopic (exact) mass is 268 g/mol. The maximum atomic E-state index is 12.8. The molecule has 100 valence electrons. The highest BCUT2D eigenvalue weighted by molar-refractivity contribution is 5.91. The van der Waals surface area contributed by atoms with Crippen molar-refractivity contribution >= 4 is 16.9 Å². The second-order valence-electron chi connectivity index (χ2n) is 4.53. The van der Waals surface area contributed by atoms with Crippen LogP contribution in [0.2, 0.25) is 0 Å². The number of aromatic nitrogens is 1. The lowest BCUT2D eigenvalue weighted by Crippen LogP contribution is -2.27. The van der Waals surface area contributed by atoms with Crippen LogP contribution in [0.3, 0.4) is 0 Å². The lowest BCUT2D eigenvalue weighted by atomic mass is 10.2. The van der Waals surface area contributed by atoms with Crippen molar-refractivity contribution in [1.82, 2.24) is 9.88 Å². The summed E-state index contributed by atoms with van der Waals surface area (Å²) in [6, 6.07) is 15.5. The van der Waals surface area contributed by atoms with Gasteiger partial charge in [-0.1, -0.05) is 30.3 Å². The summed E-state index contributed by atoms with van der Waals surface area (Å²) in [5.74, 6) is -0.281. The van der Waals surface area contributed by atoms with E-state index < -0.39 is 0 Å². The Kier molecular flexibility index (Phi) is 3.21. The quantitative estimate of drug-likeness (QED) is 0.758. The number of benzene rings is 2. The lowest BCUT2D eigenvalue weighted by Gasteiger charge is -2.07. The van der Waals surface area contributed by atoms with Crippen molar-refractivity contribution in [2.75, 3.05) is 0 Å². The van der Waals surface area contributed by atoms with Gasteiger partial charge in [0.2, 0.25) is 0 Å². The minimum Gasteiger partial charge on any atom is -0.333 e. The minimum atomic E-state index is -0.281. The van der Waals surface area contributed by atoms with Crippen LogP contribution in [-0.2, 0) is 6.54 Å². The van der Waals surface area contributed by atoms with E-state index in [4.69, 9.17) is 0 Å². The molecular formula is C16H13FN2O. The Morgan fingerprint density at radius 2 is 1.80 bits per heavy atom. The fourth-order valence-electron chi connectivity index (χ4n) is 2.13. The van der Waals surface area contributed by atoms with Gasteiger partial charge in [0.25, 0.3) is 0 Å². The van der Waals surface area contributed by atoms with Crippen LogP contribution in [-0.4, -0.2) is 10.6 Å². The van der Waals surface area contributed by atoms with Gasteiger partial charge in [0.05, 0.1) is 5.52 Å². The van der Waals surface area contributed by atoms with E-state index >= 15 is 0 Å². The molecule has 1 aromatic heterocycles. The zero-order chi connectivity index (χ0) is 13.9. The number of carbonyl (C=O) groups excluding carboxylic acids is 1. The predicted molar refractivity (Wildman–Crippen MR) is 76.0 cm³/mol. The maximum Gasteiger partial charge on any atom is 0.326 e. The largest absolute Gasteiger partial charge is 0.333 e. The Bertz CT molecular complexity index is 747. The van der Waals surface area contributed by atoms with Gasteiger partial charge in [-0.3, -0.25) is 4.57 Å². The molecule has 20 heavy (non-hydrogen) atoms. The van der Waals surface area contributed by atoms with Gasteiger partial charge in [-0.15, -0.1) is 0 Å². The van der Waals surface area contributed by atoms with Gasteiger partial charge in [-0.05, 0) is 29.8 Å². The van der Waals surface area contributed by atoms with Crippen LogP contribution in [0.25, 0.3) is 10.9 Å². The van der Waals surface area contributed by atoms with Gasteiger partial charge in [0.15, 0.2) is 0 Å². The summed E-state index contributed by atoms with van der Waals surface area (Å²) < 4.78 is 14.4. The first-order chi connectivity index (χ1) is 9.74. The molecule has 0 spiro atoms. The molecule has 0 radical (unpaired) electrons. The van der Waals surface area contributed by atoms with Gasteiger partial charge < -0.3 is 5.32 Å². The maximum absolute atomic E-state index is 12.8. The molecule has 3 rings (SSSR count). The number of carbonyl (C=O) groups is 1. The molecule has 3 aromatic rings. The van der Waals surface area contributed by atoms with Crippen LogP contribution < -0.4 is 5.32 Å². The summed E-state index contributed by atoms with van der Waals surface area (Å²) in [6.07, 6.45) is 1.74. The van der Waals surface area contributed by atoms with E-state index in [0.29, 0.717) is 6.54 Å². The number of halogens is 1. The Morgan fingerprint density at radius 1 is 1.05 bits per heavy atom. The third kappa shape index (κ3) is 2.40. The number of para-hydroxylation sites is 1. The van der Waals surface area contributed by atoms with Crippen LogP contribution in [0, 0.1) is 5.82 Å². The number of hydrogen-bond donors (Lipinski definition) is 1. The van der Waals surface area contributed by atoms with Crippen LogP contribution >= 0.6 is 0 Å². The van der Waals surface area contributed by atoms with Crippen molar-refractivity contribution in [2.24, 2.45) is 0 Å². The zero-order valence-corrected chi connectivity index (χ0v) is 10.7. The first-order valence-electron chi connectivity index (χ1n) is 6.33. The highest BCUT2D eigenvalue weighted by atomic mass is 19.1. The molecule has 0 saturated heterocycles. The van der Waals surface area contributed by atoms with Crippen molar-refractivity contribution < 1.29 is 9.18 Å². The van der Waals surface area contributed by atoms with Crippen LogP contribution in [0.4, 0.5) is 9.18 Å². The second kappa shape index (κ2) is 5.17. The average Bonchev–Trinajstić information content (AvgIpc) is 2.90. The highest BCUT2D eigenvalue weighted by Gasteiger charge is 2.07. The highest BCUT2D eigenvalue weighted by Crippen LogP contribution is 2.14. The molecular weight excluding hydrogens is 255 g/mol. The van der Waals surface area contributed by atoms with E-state index in [-0.39, 0.29) is 11.8 Å². The molecule has 0 unspecified atom stereocenters. The topological polar surface area (TPSA) is 34.0 Å². The van der Waals surface area contributed by atoms with E-state index in [0.717, 1.165) is 16.5 Å². The van der Waals surface area contributed by atoms with E-state index in [1.165, 1.54) is 12.1 Å². The fourth-order valence-corrected chi connectivity index (χ4v) is 2.13. The standard InChI is InChI=1S/C16H13FN2O/c17-14-7-5-12(6-8-14)11-18-16(20)19-10-9-13-3-1-2-4-15(13)19/h1-10H,11H2,(H,18,20). The van der Waals surface area contributed by atoms with Crippen molar-refractivity contribution in [3.8, 4) is 0 Å². The zero-order valence-electron chi connectivity index (χ0n) is 10.7. The molecule has 0 saturated carbocycles. The number of nitrogens with zero attached hydrogens (tertiary/aromatic N) is 1. The predicted octanol–water partition coefficient (Wildman–Crippen LogP) is 3.54. The van der Waals surface area contributed by atoms with Crippen LogP contribution in [0.5, 0.6) is 0 Å². The first-order valence-corrected chi connectivity index (χ1v) is 6.33. The molecule has 4 heteroatoms. The summed E-state index contributed by atoms with van der Waals surface area (Å²) in [4.78, 5) is 12.1. The number of amides is 1. The number of fused-ring (bicyclic) bond motifs is 1. The summed E-state index contributed by atoms with van der Waals surface area (Å²) >= 11 is 0. The van der Waals surface area contributed by atoms with Crippen molar-refractivity contribution in [2.45, 2.75) is 6.54 Å². The second-order valence-corrected chi connectivity index (χ2v) is 4.53. The van der Waals surface area contributed by atoms with Crippen molar-refractivity contribution in [3.63, 3.8) is 0 Å². The number of nitrogens with one attached hydrogen (secondary N) is 1. The minimum absolute atomic E-state index is 0.199. The Hall–Kier alpha value is -2.62. The Balaban J connectivity index is 1.75. The normalized spacial score (nSPS) is 10.7. The molecule has 0 aliphatic rings. The average molecular weight is 268 g/mol. The molecule has 0 fully saturated rings. The first kappa shape index (κ1) is 12.4. The Labute approximate surface area is 115 Å². The van der Waals surface area contributed by atoms with Gasteiger partial charge in [0, 0.05) is 18.1 Å². The summed E-state index contributed by atoms with van der Waals surface area (Å²) in [5, 5.41) is 3.83. The molecule has 2 aromatic carbocycles.